The van der Waals surface area contributed by atoms with Gasteiger partial charge in [0.15, 0.2) is 5.82 Å². The number of aromatic nitrogens is 1. The summed E-state index contributed by atoms with van der Waals surface area (Å²) in [6.07, 6.45) is -2.80. The van der Waals surface area contributed by atoms with Crippen LogP contribution in [0, 0.1) is 5.82 Å². The van der Waals surface area contributed by atoms with Crippen LogP contribution in [0.15, 0.2) is 18.2 Å². The molecular formula is C10H7ClF3N3. The molecular weight excluding hydrogens is 255 g/mol. The van der Waals surface area contributed by atoms with Crippen molar-refractivity contribution in [2.75, 3.05) is 5.43 Å². The van der Waals surface area contributed by atoms with Crippen LogP contribution in [0.3, 0.4) is 0 Å². The number of pyridine rings is 1. The zero-order valence-corrected chi connectivity index (χ0v) is 9.10. The third kappa shape index (κ3) is 2.13. The second kappa shape index (κ2) is 4.38. The number of nitrogens with two attached hydrogens (primary N) is 1. The number of hydrazine groups is 1. The lowest BCUT2D eigenvalue weighted by atomic mass is 10.1. The van der Waals surface area contributed by atoms with Gasteiger partial charge in [0.25, 0.3) is 6.43 Å². The van der Waals surface area contributed by atoms with Crippen LogP contribution in [-0.4, -0.2) is 4.98 Å². The highest BCUT2D eigenvalue weighted by molar-refractivity contribution is 6.31. The van der Waals surface area contributed by atoms with Crippen molar-refractivity contribution < 1.29 is 13.2 Å². The summed E-state index contributed by atoms with van der Waals surface area (Å²) in [4.78, 5) is 3.54. The van der Waals surface area contributed by atoms with E-state index in [1.165, 1.54) is 6.07 Å². The van der Waals surface area contributed by atoms with Gasteiger partial charge in [-0.3, -0.25) is 5.84 Å². The highest BCUT2D eigenvalue weighted by Crippen LogP contribution is 2.30. The Labute approximate surface area is 99.4 Å². The third-order valence-electron chi connectivity index (χ3n) is 2.23. The van der Waals surface area contributed by atoms with E-state index in [-0.39, 0.29) is 21.6 Å². The Balaban J connectivity index is 2.82. The van der Waals surface area contributed by atoms with Gasteiger partial charge in [0.1, 0.15) is 11.2 Å². The minimum Gasteiger partial charge on any atom is -0.323 e. The zero-order chi connectivity index (χ0) is 12.6. The quantitative estimate of drug-likeness (QED) is 0.644. The fraction of sp³-hybridized carbons (Fsp3) is 0.100. The molecule has 1 aromatic heterocycles. The lowest BCUT2D eigenvalue weighted by Gasteiger charge is -2.09. The number of nitrogen functional groups attached to an aromatic ring is 1. The van der Waals surface area contributed by atoms with E-state index in [9.17, 15) is 13.2 Å². The van der Waals surface area contributed by atoms with Gasteiger partial charge >= 0.3 is 0 Å². The number of hydrogen-bond donors (Lipinski definition) is 2. The van der Waals surface area contributed by atoms with Crippen LogP contribution in [0.4, 0.5) is 18.9 Å². The number of alkyl halides is 2. The molecule has 7 heteroatoms. The van der Waals surface area contributed by atoms with Gasteiger partial charge in [-0.15, -0.1) is 0 Å². The fourth-order valence-electron chi connectivity index (χ4n) is 1.50. The second-order valence-corrected chi connectivity index (χ2v) is 3.76. The summed E-state index contributed by atoms with van der Waals surface area (Å²) in [7, 11) is 0. The molecule has 0 aliphatic carbocycles. The highest BCUT2D eigenvalue weighted by Gasteiger charge is 2.15. The van der Waals surface area contributed by atoms with E-state index in [2.05, 4.69) is 10.4 Å². The van der Waals surface area contributed by atoms with Gasteiger partial charge in [-0.05, 0) is 18.2 Å². The maximum atomic E-state index is 13.5. The Hall–Kier alpha value is -1.53. The van der Waals surface area contributed by atoms with Gasteiger partial charge in [-0.2, -0.15) is 0 Å². The molecule has 0 radical (unpaired) electrons. The van der Waals surface area contributed by atoms with E-state index in [1.54, 1.807) is 0 Å². The molecule has 0 saturated heterocycles. The van der Waals surface area contributed by atoms with Crippen LogP contribution >= 0.6 is 11.6 Å². The smallest absolute Gasteiger partial charge is 0.280 e. The Bertz CT molecular complexity index is 574. The fourth-order valence-corrected chi connectivity index (χ4v) is 1.71. The molecule has 2 rings (SSSR count). The first-order chi connectivity index (χ1) is 8.02. The summed E-state index contributed by atoms with van der Waals surface area (Å²) < 4.78 is 38.6. The summed E-state index contributed by atoms with van der Waals surface area (Å²) in [6, 6.07) is 3.46. The van der Waals surface area contributed by atoms with E-state index in [1.807, 2.05) is 0 Å². The summed E-state index contributed by atoms with van der Waals surface area (Å²) in [5, 5.41) is 0.389. The van der Waals surface area contributed by atoms with E-state index in [4.69, 9.17) is 17.4 Å². The van der Waals surface area contributed by atoms with Crippen molar-refractivity contribution in [1.29, 1.82) is 0 Å². The van der Waals surface area contributed by atoms with E-state index in [0.717, 1.165) is 12.1 Å². The molecule has 0 amide bonds. The Morgan fingerprint density at radius 1 is 1.29 bits per heavy atom. The first-order valence-electron chi connectivity index (χ1n) is 4.57. The highest BCUT2D eigenvalue weighted by atomic mass is 35.5. The van der Waals surface area contributed by atoms with Gasteiger partial charge in [0.05, 0.1) is 5.69 Å². The molecule has 90 valence electrons. The molecule has 3 N–H and O–H groups in total. The van der Waals surface area contributed by atoms with Crippen LogP contribution in [0.2, 0.25) is 5.02 Å². The van der Waals surface area contributed by atoms with Crippen molar-refractivity contribution in [2.24, 2.45) is 5.84 Å². The summed E-state index contributed by atoms with van der Waals surface area (Å²) >= 11 is 5.67. The number of anilines is 1. The van der Waals surface area contributed by atoms with Crippen LogP contribution < -0.4 is 11.3 Å². The SMILES string of the molecule is NNc1cc(C(F)F)nc2c(F)cc(Cl)cc12. The predicted molar refractivity (Wildman–Crippen MR) is 59.5 cm³/mol. The largest absolute Gasteiger partial charge is 0.323 e. The topological polar surface area (TPSA) is 50.9 Å². The average Bonchev–Trinajstić information content (AvgIpc) is 2.27. The number of hydrogen-bond acceptors (Lipinski definition) is 3. The van der Waals surface area contributed by atoms with Crippen LogP contribution in [0.25, 0.3) is 10.9 Å². The summed E-state index contributed by atoms with van der Waals surface area (Å²) in [6.45, 7) is 0. The normalized spacial score (nSPS) is 11.2. The molecule has 0 atom stereocenters. The third-order valence-corrected chi connectivity index (χ3v) is 2.45. The molecule has 0 aliphatic heterocycles. The van der Waals surface area contributed by atoms with Gasteiger partial charge in [-0.25, -0.2) is 18.2 Å². The van der Waals surface area contributed by atoms with Gasteiger partial charge in [0.2, 0.25) is 0 Å². The molecule has 17 heavy (non-hydrogen) atoms. The Morgan fingerprint density at radius 2 is 2.00 bits per heavy atom. The molecule has 0 aliphatic rings. The molecule has 1 heterocycles. The number of benzene rings is 1. The summed E-state index contributed by atoms with van der Waals surface area (Å²) in [5.41, 5.74) is 1.62. The van der Waals surface area contributed by atoms with E-state index in [0.29, 0.717) is 0 Å². The maximum Gasteiger partial charge on any atom is 0.280 e. The molecule has 0 unspecified atom stereocenters. The lowest BCUT2D eigenvalue weighted by Crippen LogP contribution is -2.09. The van der Waals surface area contributed by atoms with Crippen LogP contribution in [-0.2, 0) is 0 Å². The first kappa shape index (κ1) is 11.9. The van der Waals surface area contributed by atoms with Crippen molar-refractivity contribution in [2.45, 2.75) is 6.43 Å². The van der Waals surface area contributed by atoms with E-state index >= 15 is 0 Å². The Kier molecular flexibility index (Phi) is 3.08. The molecule has 0 spiro atoms. The molecule has 0 saturated carbocycles. The molecule has 0 fully saturated rings. The number of halogens is 4. The minimum atomic E-state index is -2.80. The van der Waals surface area contributed by atoms with Crippen molar-refractivity contribution in [3.8, 4) is 0 Å². The van der Waals surface area contributed by atoms with E-state index < -0.39 is 17.9 Å². The number of nitrogens with zero attached hydrogens (tertiary/aromatic N) is 1. The van der Waals surface area contributed by atoms with Gasteiger partial charge in [-0.1, -0.05) is 11.6 Å². The van der Waals surface area contributed by atoms with Crippen LogP contribution in [0.5, 0.6) is 0 Å². The molecule has 3 nitrogen and oxygen atoms in total. The van der Waals surface area contributed by atoms with Gasteiger partial charge < -0.3 is 5.43 Å². The second-order valence-electron chi connectivity index (χ2n) is 3.32. The van der Waals surface area contributed by atoms with Crippen molar-refractivity contribution in [3.63, 3.8) is 0 Å². The number of nitrogens with one attached hydrogen (secondary N) is 1. The molecule has 2 aromatic rings. The van der Waals surface area contributed by atoms with Crippen LogP contribution in [0.1, 0.15) is 12.1 Å². The maximum absolute atomic E-state index is 13.5. The van der Waals surface area contributed by atoms with Crippen molar-refractivity contribution in [3.05, 3.63) is 34.7 Å². The average molecular weight is 262 g/mol. The van der Waals surface area contributed by atoms with Crippen molar-refractivity contribution >= 4 is 28.2 Å². The monoisotopic (exact) mass is 261 g/mol. The Morgan fingerprint density at radius 3 is 2.59 bits per heavy atom. The zero-order valence-electron chi connectivity index (χ0n) is 8.35. The molecule has 0 bridgehead atoms. The number of fused-ring (bicyclic) bond motifs is 1. The number of rotatable bonds is 2. The lowest BCUT2D eigenvalue weighted by molar-refractivity contribution is 0.146. The summed E-state index contributed by atoms with van der Waals surface area (Å²) in [5.74, 6) is 4.43. The minimum absolute atomic E-state index is 0.137. The van der Waals surface area contributed by atoms with Crippen molar-refractivity contribution in [1.82, 2.24) is 4.98 Å². The standard InChI is InChI=1S/C10H7ClF3N3/c11-4-1-5-7(17-15)3-8(10(13)14)16-9(5)6(12)2-4/h1-3,10H,15H2,(H,16,17). The first-order valence-corrected chi connectivity index (χ1v) is 4.95. The molecule has 1 aromatic carbocycles. The van der Waals surface area contributed by atoms with Gasteiger partial charge in [0, 0.05) is 10.4 Å². The predicted octanol–water partition coefficient (Wildman–Crippen LogP) is 3.25.